The first-order valence-electron chi connectivity index (χ1n) is 10.4. The first-order valence-corrected chi connectivity index (χ1v) is 11.2. The number of benzene rings is 2. The van der Waals surface area contributed by atoms with Crippen molar-refractivity contribution in [2.24, 2.45) is 0 Å². The number of aryl methyl sites for hydroxylation is 1. The monoisotopic (exact) mass is 471 g/mol. The van der Waals surface area contributed by atoms with Crippen LogP contribution in [0.5, 0.6) is 5.75 Å². The summed E-state index contributed by atoms with van der Waals surface area (Å²) in [5.41, 5.74) is -0.298. The van der Waals surface area contributed by atoms with E-state index in [2.05, 4.69) is 5.32 Å². The molecule has 0 saturated carbocycles. The minimum absolute atomic E-state index is 0.0335. The summed E-state index contributed by atoms with van der Waals surface area (Å²) in [6.45, 7) is 2.45. The smallest absolute Gasteiger partial charge is 0.303 e. The van der Waals surface area contributed by atoms with Gasteiger partial charge < -0.3 is 20.3 Å². The molecule has 3 N–H and O–H groups in total. The average molecular weight is 472 g/mol. The standard InChI is InChI=1S/C24H25NO7S/c1-14(26)25-24(10-8-22(29)30,13-32-15(2)27)9-7-16-3-5-18-21(11-16)33-20-6-4-17(28)12-19(20)23(18)31/h3-6,11-12,28H,7-10,13H2,1-2H3,(H,25,26)(H,29,30). The number of phenolic OH excluding ortho intramolecular Hbond substituents is 1. The molecule has 0 spiro atoms. The van der Waals surface area contributed by atoms with Gasteiger partial charge in [-0.3, -0.25) is 19.2 Å². The van der Waals surface area contributed by atoms with Gasteiger partial charge in [-0.25, -0.2) is 0 Å². The molecule has 0 aliphatic rings. The van der Waals surface area contributed by atoms with Crippen molar-refractivity contribution in [3.05, 3.63) is 52.2 Å². The summed E-state index contributed by atoms with van der Waals surface area (Å²) < 4.78 is 6.71. The second-order valence-electron chi connectivity index (χ2n) is 8.08. The van der Waals surface area contributed by atoms with E-state index in [1.54, 1.807) is 12.1 Å². The second kappa shape index (κ2) is 9.99. The van der Waals surface area contributed by atoms with Gasteiger partial charge in [-0.15, -0.1) is 11.3 Å². The van der Waals surface area contributed by atoms with Crippen molar-refractivity contribution in [3.63, 3.8) is 0 Å². The van der Waals surface area contributed by atoms with E-state index in [4.69, 9.17) is 9.84 Å². The molecular formula is C24H25NO7S. The molecule has 1 atom stereocenters. The maximum absolute atomic E-state index is 12.8. The number of aromatic hydroxyl groups is 1. The number of ether oxygens (including phenoxy) is 1. The van der Waals surface area contributed by atoms with Crippen LogP contribution in [0.3, 0.4) is 0 Å². The number of fused-ring (bicyclic) bond motifs is 2. The third kappa shape index (κ3) is 6.07. The van der Waals surface area contributed by atoms with Gasteiger partial charge in [-0.05, 0) is 55.2 Å². The van der Waals surface area contributed by atoms with Gasteiger partial charge in [-0.1, -0.05) is 6.07 Å². The van der Waals surface area contributed by atoms with Crippen LogP contribution >= 0.6 is 11.3 Å². The summed E-state index contributed by atoms with van der Waals surface area (Å²) in [6, 6.07) is 10.1. The van der Waals surface area contributed by atoms with Crippen molar-refractivity contribution < 1.29 is 29.3 Å². The number of amides is 1. The van der Waals surface area contributed by atoms with Crippen molar-refractivity contribution >= 4 is 49.4 Å². The van der Waals surface area contributed by atoms with E-state index in [1.807, 2.05) is 12.1 Å². The summed E-state index contributed by atoms with van der Waals surface area (Å²) in [5.74, 6) is -1.85. The highest BCUT2D eigenvalue weighted by molar-refractivity contribution is 7.24. The van der Waals surface area contributed by atoms with Crippen LogP contribution in [0.15, 0.2) is 41.2 Å². The predicted octanol–water partition coefficient (Wildman–Crippen LogP) is 3.36. The van der Waals surface area contributed by atoms with Gasteiger partial charge in [0.15, 0.2) is 5.43 Å². The summed E-state index contributed by atoms with van der Waals surface area (Å²) in [6.07, 6.45) is 0.713. The number of carboxylic acid groups (broad SMARTS) is 1. The van der Waals surface area contributed by atoms with Gasteiger partial charge in [0.25, 0.3) is 0 Å². The van der Waals surface area contributed by atoms with E-state index >= 15 is 0 Å². The van der Waals surface area contributed by atoms with Gasteiger partial charge in [0.2, 0.25) is 5.91 Å². The molecule has 33 heavy (non-hydrogen) atoms. The molecule has 0 aliphatic heterocycles. The number of carbonyl (C=O) groups is 3. The van der Waals surface area contributed by atoms with Gasteiger partial charge >= 0.3 is 11.9 Å². The molecule has 0 radical (unpaired) electrons. The van der Waals surface area contributed by atoms with Crippen LogP contribution in [0.4, 0.5) is 0 Å². The Bertz CT molecular complexity index is 1260. The highest BCUT2D eigenvalue weighted by atomic mass is 32.1. The van der Waals surface area contributed by atoms with Crippen molar-refractivity contribution in [1.29, 1.82) is 0 Å². The number of aliphatic carboxylic acids is 1. The van der Waals surface area contributed by atoms with Gasteiger partial charge in [0.1, 0.15) is 12.4 Å². The molecule has 9 heteroatoms. The number of carbonyl (C=O) groups excluding carboxylic acids is 2. The molecule has 0 fully saturated rings. The first-order chi connectivity index (χ1) is 15.6. The zero-order valence-electron chi connectivity index (χ0n) is 18.3. The van der Waals surface area contributed by atoms with E-state index < -0.39 is 17.5 Å². The fourth-order valence-electron chi connectivity index (χ4n) is 3.82. The zero-order valence-corrected chi connectivity index (χ0v) is 19.2. The molecular weight excluding hydrogens is 446 g/mol. The molecule has 3 aromatic rings. The van der Waals surface area contributed by atoms with Crippen LogP contribution in [0.25, 0.3) is 20.2 Å². The van der Waals surface area contributed by atoms with Crippen LogP contribution in [0.1, 0.15) is 38.7 Å². The van der Waals surface area contributed by atoms with E-state index in [0.717, 1.165) is 15.0 Å². The lowest BCUT2D eigenvalue weighted by molar-refractivity contribution is -0.145. The van der Waals surface area contributed by atoms with E-state index in [1.165, 1.54) is 37.3 Å². The fraction of sp³-hybridized carbons (Fsp3) is 0.333. The molecule has 1 heterocycles. The van der Waals surface area contributed by atoms with Crippen LogP contribution in [0, 0.1) is 0 Å². The molecule has 1 aromatic heterocycles. The van der Waals surface area contributed by atoms with Gasteiger partial charge in [-0.2, -0.15) is 0 Å². The SMILES string of the molecule is CC(=O)NC(CCC(=O)O)(CCc1ccc2c(=O)c3cc(O)ccc3sc2c1)COC(C)=O. The molecule has 0 bridgehead atoms. The highest BCUT2D eigenvalue weighted by Crippen LogP contribution is 2.29. The summed E-state index contributed by atoms with van der Waals surface area (Å²) in [4.78, 5) is 47.3. The highest BCUT2D eigenvalue weighted by Gasteiger charge is 2.33. The lowest BCUT2D eigenvalue weighted by Gasteiger charge is -2.34. The Balaban J connectivity index is 1.92. The fourth-order valence-corrected chi connectivity index (χ4v) is 4.93. The molecule has 2 aromatic carbocycles. The van der Waals surface area contributed by atoms with Crippen LogP contribution < -0.4 is 10.7 Å². The molecule has 1 amide bonds. The number of carboxylic acids is 1. The number of nitrogens with one attached hydrogen (secondary N) is 1. The van der Waals surface area contributed by atoms with Crippen molar-refractivity contribution in [2.45, 2.75) is 45.1 Å². The Morgan fingerprint density at radius 2 is 1.79 bits per heavy atom. The molecule has 0 aliphatic carbocycles. The van der Waals surface area contributed by atoms with Crippen molar-refractivity contribution in [1.82, 2.24) is 5.32 Å². The number of hydrogen-bond acceptors (Lipinski definition) is 7. The van der Waals surface area contributed by atoms with Crippen molar-refractivity contribution in [3.8, 4) is 5.75 Å². The number of esters is 1. The predicted molar refractivity (Wildman–Crippen MR) is 126 cm³/mol. The lowest BCUT2D eigenvalue weighted by atomic mass is 9.87. The Hall–Kier alpha value is -3.46. The quantitative estimate of drug-likeness (QED) is 0.322. The Morgan fingerprint density at radius 3 is 2.45 bits per heavy atom. The molecule has 1 unspecified atom stereocenters. The third-order valence-corrected chi connectivity index (χ3v) is 6.55. The van der Waals surface area contributed by atoms with E-state index in [9.17, 15) is 24.3 Å². The van der Waals surface area contributed by atoms with E-state index in [0.29, 0.717) is 23.6 Å². The molecule has 3 rings (SSSR count). The van der Waals surface area contributed by atoms with Crippen LogP contribution in [-0.4, -0.2) is 40.2 Å². The normalized spacial score (nSPS) is 12.9. The summed E-state index contributed by atoms with van der Waals surface area (Å²) in [5, 5.41) is 22.7. The second-order valence-corrected chi connectivity index (χ2v) is 9.16. The first kappa shape index (κ1) is 24.2. The van der Waals surface area contributed by atoms with Crippen LogP contribution in [-0.2, 0) is 25.5 Å². The number of phenols is 1. The Morgan fingerprint density at radius 1 is 1.03 bits per heavy atom. The topological polar surface area (TPSA) is 130 Å². The number of hydrogen-bond donors (Lipinski definition) is 3. The zero-order chi connectivity index (χ0) is 24.2. The largest absolute Gasteiger partial charge is 0.508 e. The van der Waals surface area contributed by atoms with Gasteiger partial charge in [0.05, 0.1) is 5.54 Å². The molecule has 174 valence electrons. The lowest BCUT2D eigenvalue weighted by Crippen LogP contribution is -2.52. The minimum atomic E-state index is -1.03. The molecule has 0 saturated heterocycles. The minimum Gasteiger partial charge on any atom is -0.508 e. The summed E-state index contributed by atoms with van der Waals surface area (Å²) in [7, 11) is 0. The Labute approximate surface area is 193 Å². The summed E-state index contributed by atoms with van der Waals surface area (Å²) >= 11 is 1.43. The number of rotatable bonds is 9. The Kier molecular flexibility index (Phi) is 7.33. The third-order valence-electron chi connectivity index (χ3n) is 5.42. The average Bonchev–Trinajstić information content (AvgIpc) is 2.75. The maximum atomic E-state index is 12.8. The maximum Gasteiger partial charge on any atom is 0.303 e. The van der Waals surface area contributed by atoms with E-state index in [-0.39, 0.29) is 36.5 Å². The van der Waals surface area contributed by atoms with Gasteiger partial charge in [0, 0.05) is 40.4 Å². The van der Waals surface area contributed by atoms with Crippen LogP contribution in [0.2, 0.25) is 0 Å². The van der Waals surface area contributed by atoms with Crippen molar-refractivity contribution in [2.75, 3.05) is 6.61 Å². The molecule has 8 nitrogen and oxygen atoms in total.